The summed E-state index contributed by atoms with van der Waals surface area (Å²) in [5, 5.41) is 12.9. The molecule has 1 aliphatic heterocycles. The summed E-state index contributed by atoms with van der Waals surface area (Å²) in [6.45, 7) is 3.90. The number of fused-ring (bicyclic) bond motifs is 1. The Bertz CT molecular complexity index is 397. The van der Waals surface area contributed by atoms with Crippen LogP contribution in [0.15, 0.2) is 18.2 Å². The van der Waals surface area contributed by atoms with Crippen molar-refractivity contribution in [2.45, 2.75) is 25.9 Å². The van der Waals surface area contributed by atoms with Crippen LogP contribution < -0.4 is 14.8 Å². The molecule has 0 radical (unpaired) electrons. The van der Waals surface area contributed by atoms with Gasteiger partial charge in [0.2, 0.25) is 6.79 Å². The van der Waals surface area contributed by atoms with Crippen molar-refractivity contribution in [2.24, 2.45) is 0 Å². The highest BCUT2D eigenvalue weighted by Crippen LogP contribution is 2.34. The third-order valence-corrected chi connectivity index (χ3v) is 2.87. The van der Waals surface area contributed by atoms with Gasteiger partial charge < -0.3 is 24.6 Å². The highest BCUT2D eigenvalue weighted by Gasteiger charge is 2.13. The molecular formula is C14H21NO4. The number of aliphatic hydroxyl groups is 1. The predicted molar refractivity (Wildman–Crippen MR) is 72.8 cm³/mol. The first kappa shape index (κ1) is 14.0. The Balaban J connectivity index is 1.70. The number of hydrogen-bond donors (Lipinski definition) is 2. The standard InChI is InChI=1S/C14H21NO4/c1-2-3-6-17-9-12(16)8-15-11-4-5-13-14(7-11)19-10-18-13/h4-5,7,12,15-16H,2-3,6,8-10H2,1H3. The summed E-state index contributed by atoms with van der Waals surface area (Å²) in [6.07, 6.45) is 1.62. The van der Waals surface area contributed by atoms with Crippen LogP contribution in [0.25, 0.3) is 0 Å². The highest BCUT2D eigenvalue weighted by atomic mass is 16.7. The molecule has 1 heterocycles. The molecule has 1 aromatic carbocycles. The van der Waals surface area contributed by atoms with Crippen LogP contribution in [0.5, 0.6) is 11.5 Å². The summed E-state index contributed by atoms with van der Waals surface area (Å²) in [5.41, 5.74) is 0.900. The Kier molecular flexibility index (Phi) is 5.30. The molecule has 0 spiro atoms. The summed E-state index contributed by atoms with van der Waals surface area (Å²) in [6, 6.07) is 5.62. The van der Waals surface area contributed by atoms with E-state index in [0.29, 0.717) is 19.8 Å². The van der Waals surface area contributed by atoms with Crippen LogP contribution in [0, 0.1) is 0 Å². The van der Waals surface area contributed by atoms with E-state index in [-0.39, 0.29) is 6.79 Å². The van der Waals surface area contributed by atoms with Gasteiger partial charge in [-0.05, 0) is 18.6 Å². The molecule has 0 saturated carbocycles. The van der Waals surface area contributed by atoms with Gasteiger partial charge in [0.1, 0.15) is 0 Å². The van der Waals surface area contributed by atoms with Gasteiger partial charge in [0.15, 0.2) is 11.5 Å². The molecule has 2 rings (SSSR count). The molecule has 5 nitrogen and oxygen atoms in total. The number of aliphatic hydroxyl groups excluding tert-OH is 1. The van der Waals surface area contributed by atoms with Crippen LogP contribution >= 0.6 is 0 Å². The van der Waals surface area contributed by atoms with E-state index in [9.17, 15) is 5.11 Å². The molecular weight excluding hydrogens is 246 g/mol. The molecule has 0 aliphatic carbocycles. The molecule has 5 heteroatoms. The van der Waals surface area contributed by atoms with Gasteiger partial charge in [-0.25, -0.2) is 0 Å². The Hall–Kier alpha value is -1.46. The number of ether oxygens (including phenoxy) is 3. The molecule has 106 valence electrons. The topological polar surface area (TPSA) is 60.0 Å². The van der Waals surface area contributed by atoms with Crippen molar-refractivity contribution < 1.29 is 19.3 Å². The second kappa shape index (κ2) is 7.21. The van der Waals surface area contributed by atoms with Crippen molar-refractivity contribution in [3.63, 3.8) is 0 Å². The lowest BCUT2D eigenvalue weighted by Crippen LogP contribution is -2.25. The van der Waals surface area contributed by atoms with Gasteiger partial charge in [-0.3, -0.25) is 0 Å². The molecule has 1 unspecified atom stereocenters. The van der Waals surface area contributed by atoms with Crippen LogP contribution in [-0.4, -0.2) is 37.8 Å². The van der Waals surface area contributed by atoms with Crippen LogP contribution in [0.2, 0.25) is 0 Å². The van der Waals surface area contributed by atoms with Crippen molar-refractivity contribution in [2.75, 3.05) is 31.9 Å². The van der Waals surface area contributed by atoms with E-state index in [4.69, 9.17) is 14.2 Å². The molecule has 0 bridgehead atoms. The summed E-state index contributed by atoms with van der Waals surface area (Å²) >= 11 is 0. The third-order valence-electron chi connectivity index (χ3n) is 2.87. The maximum Gasteiger partial charge on any atom is 0.231 e. The number of anilines is 1. The average molecular weight is 267 g/mol. The summed E-state index contributed by atoms with van der Waals surface area (Å²) < 4.78 is 15.9. The van der Waals surface area contributed by atoms with Gasteiger partial charge >= 0.3 is 0 Å². The molecule has 1 atom stereocenters. The van der Waals surface area contributed by atoms with Crippen molar-refractivity contribution >= 4 is 5.69 Å². The van der Waals surface area contributed by atoms with E-state index in [0.717, 1.165) is 30.0 Å². The molecule has 0 aromatic heterocycles. The minimum atomic E-state index is -0.512. The maximum atomic E-state index is 9.76. The van der Waals surface area contributed by atoms with Crippen LogP contribution in [0.1, 0.15) is 19.8 Å². The Morgan fingerprint density at radius 3 is 3.05 bits per heavy atom. The maximum absolute atomic E-state index is 9.76. The minimum Gasteiger partial charge on any atom is -0.454 e. The highest BCUT2D eigenvalue weighted by molar-refractivity contribution is 5.55. The number of rotatable bonds is 8. The Morgan fingerprint density at radius 2 is 2.21 bits per heavy atom. The van der Waals surface area contributed by atoms with Gasteiger partial charge in [-0.15, -0.1) is 0 Å². The van der Waals surface area contributed by atoms with E-state index in [1.54, 1.807) is 0 Å². The fraction of sp³-hybridized carbons (Fsp3) is 0.571. The SMILES string of the molecule is CCCCOCC(O)CNc1ccc2c(c1)OCO2. The summed E-state index contributed by atoms with van der Waals surface area (Å²) in [7, 11) is 0. The smallest absolute Gasteiger partial charge is 0.231 e. The predicted octanol–water partition coefficient (Wildman–Crippen LogP) is 2.00. The first-order valence-electron chi connectivity index (χ1n) is 6.69. The second-order valence-electron chi connectivity index (χ2n) is 4.53. The van der Waals surface area contributed by atoms with Crippen molar-refractivity contribution in [1.82, 2.24) is 0 Å². The molecule has 1 aromatic rings. The zero-order valence-electron chi connectivity index (χ0n) is 11.2. The second-order valence-corrected chi connectivity index (χ2v) is 4.53. The molecule has 0 fully saturated rings. The monoisotopic (exact) mass is 267 g/mol. The molecule has 0 amide bonds. The van der Waals surface area contributed by atoms with Gasteiger partial charge in [0.05, 0.1) is 12.7 Å². The lowest BCUT2D eigenvalue weighted by molar-refractivity contribution is 0.0422. The van der Waals surface area contributed by atoms with E-state index in [1.807, 2.05) is 18.2 Å². The zero-order chi connectivity index (χ0) is 13.5. The zero-order valence-corrected chi connectivity index (χ0v) is 11.2. The Morgan fingerprint density at radius 1 is 1.37 bits per heavy atom. The normalized spacial score (nSPS) is 14.4. The number of benzene rings is 1. The quantitative estimate of drug-likeness (QED) is 0.705. The van der Waals surface area contributed by atoms with Crippen molar-refractivity contribution in [1.29, 1.82) is 0 Å². The lowest BCUT2D eigenvalue weighted by atomic mass is 10.2. The van der Waals surface area contributed by atoms with Crippen molar-refractivity contribution in [3.05, 3.63) is 18.2 Å². The van der Waals surface area contributed by atoms with Gasteiger partial charge in [0, 0.05) is 24.9 Å². The van der Waals surface area contributed by atoms with E-state index < -0.39 is 6.10 Å². The van der Waals surface area contributed by atoms with E-state index in [1.165, 1.54) is 0 Å². The molecule has 1 aliphatic rings. The summed E-state index contributed by atoms with van der Waals surface area (Å²) in [4.78, 5) is 0. The summed E-state index contributed by atoms with van der Waals surface area (Å²) in [5.74, 6) is 1.49. The lowest BCUT2D eigenvalue weighted by Gasteiger charge is -2.13. The van der Waals surface area contributed by atoms with Gasteiger partial charge in [-0.2, -0.15) is 0 Å². The molecule has 19 heavy (non-hydrogen) atoms. The van der Waals surface area contributed by atoms with Crippen molar-refractivity contribution in [3.8, 4) is 11.5 Å². The van der Waals surface area contributed by atoms with Gasteiger partial charge in [-0.1, -0.05) is 13.3 Å². The molecule has 2 N–H and O–H groups in total. The minimum absolute atomic E-state index is 0.271. The first-order valence-corrected chi connectivity index (χ1v) is 6.69. The van der Waals surface area contributed by atoms with Crippen LogP contribution in [0.4, 0.5) is 5.69 Å². The average Bonchev–Trinajstić information content (AvgIpc) is 2.89. The number of unbranched alkanes of at least 4 members (excludes halogenated alkanes) is 1. The van der Waals surface area contributed by atoms with Gasteiger partial charge in [0.25, 0.3) is 0 Å². The van der Waals surface area contributed by atoms with Crippen LogP contribution in [-0.2, 0) is 4.74 Å². The van der Waals surface area contributed by atoms with E-state index in [2.05, 4.69) is 12.2 Å². The fourth-order valence-corrected chi connectivity index (χ4v) is 1.77. The third kappa shape index (κ3) is 4.29. The number of hydrogen-bond acceptors (Lipinski definition) is 5. The van der Waals surface area contributed by atoms with E-state index >= 15 is 0 Å². The first-order chi connectivity index (χ1) is 9.29. The fourth-order valence-electron chi connectivity index (χ4n) is 1.77. The Labute approximate surface area is 113 Å². The molecule has 0 saturated heterocycles. The largest absolute Gasteiger partial charge is 0.454 e. The number of nitrogens with one attached hydrogen (secondary N) is 1. The van der Waals surface area contributed by atoms with Crippen LogP contribution in [0.3, 0.4) is 0 Å².